The second-order valence-corrected chi connectivity index (χ2v) is 23.5. The zero-order chi connectivity index (χ0) is 51.0. The molecular weight excluding hydrogens is 972 g/mol. The minimum Gasteiger partial charge on any atom is -0.381 e. The van der Waals surface area contributed by atoms with Crippen LogP contribution in [0, 0.1) is 24.7 Å². The van der Waals surface area contributed by atoms with Gasteiger partial charge >= 0.3 is 0 Å². The average molecular weight is 1040 g/mol. The summed E-state index contributed by atoms with van der Waals surface area (Å²) in [6, 6.07) is 40.7. The molecule has 73 heavy (non-hydrogen) atoms. The minimum atomic E-state index is -3.96. The lowest BCUT2D eigenvalue weighted by Gasteiger charge is -2.40. The maximum atomic E-state index is 15.1. The largest absolute Gasteiger partial charge is 0.381 e. The molecule has 0 aromatic heterocycles. The number of hydrogen-bond acceptors (Lipinski definition) is 8. The number of sulfone groups is 1. The van der Waals surface area contributed by atoms with E-state index in [-0.39, 0.29) is 10.8 Å². The van der Waals surface area contributed by atoms with Gasteiger partial charge in [-0.3, -0.25) is 0 Å². The van der Waals surface area contributed by atoms with Crippen LogP contribution < -0.4 is 9.80 Å². The summed E-state index contributed by atoms with van der Waals surface area (Å²) in [7, 11) is -3.96. The van der Waals surface area contributed by atoms with Crippen molar-refractivity contribution < 1.29 is 27.4 Å². The summed E-state index contributed by atoms with van der Waals surface area (Å²) in [5.74, 6) is 0. The van der Waals surface area contributed by atoms with Crippen molar-refractivity contribution in [2.75, 3.05) is 62.7 Å². The lowest BCUT2D eigenvalue weighted by molar-refractivity contribution is -0.150. The molecular formula is C62H72Cl2N2O6S. The molecule has 8 nitrogen and oxygen atoms in total. The van der Waals surface area contributed by atoms with Gasteiger partial charge in [-0.15, -0.1) is 0 Å². The predicted molar refractivity (Wildman–Crippen MR) is 299 cm³/mol. The van der Waals surface area contributed by atoms with E-state index in [1.807, 2.05) is 73.7 Å². The molecule has 3 heterocycles. The smallest absolute Gasteiger partial charge is 0.208 e. The third-order valence-electron chi connectivity index (χ3n) is 15.5. The van der Waals surface area contributed by atoms with Crippen molar-refractivity contribution in [3.05, 3.63) is 154 Å². The molecule has 11 heteroatoms. The minimum absolute atomic E-state index is 0.237. The number of hydrogen-bond donors (Lipinski definition) is 0. The van der Waals surface area contributed by atoms with Gasteiger partial charge in [0.25, 0.3) is 0 Å². The van der Waals surface area contributed by atoms with Crippen molar-refractivity contribution >= 4 is 67.2 Å². The van der Waals surface area contributed by atoms with Crippen LogP contribution in [0.25, 0.3) is 11.1 Å². The van der Waals surface area contributed by atoms with E-state index in [9.17, 15) is 0 Å². The summed E-state index contributed by atoms with van der Waals surface area (Å²) in [6.07, 6.45) is 13.1. The lowest BCUT2D eigenvalue weighted by atomic mass is 9.84. The van der Waals surface area contributed by atoms with Gasteiger partial charge in [0, 0.05) is 68.0 Å². The van der Waals surface area contributed by atoms with Crippen LogP contribution in [0.4, 0.5) is 34.1 Å². The number of rotatable bonds is 26. The molecule has 0 bridgehead atoms. The number of ether oxygens (including phenoxy) is 4. The van der Waals surface area contributed by atoms with Gasteiger partial charge in [-0.1, -0.05) is 93.1 Å². The van der Waals surface area contributed by atoms with Crippen molar-refractivity contribution in [1.82, 2.24) is 0 Å². The molecule has 0 amide bonds. The SMILES string of the molecule is CCC1(COCCCCCCc2ccc(N(c3ccc(Cl)cc3)c3cc4c(cc3C)-c3ccc(N(c5ccc(Cl)cc5)c5ccc(CCCCCCOCC6(CC)COC6)cc5)c(C)c3S4(=O)=O)cc2)COC1. The molecule has 9 rings (SSSR count). The molecule has 0 unspecified atom stereocenters. The van der Waals surface area contributed by atoms with Gasteiger partial charge in [-0.05, 0) is 178 Å². The van der Waals surface area contributed by atoms with Crippen molar-refractivity contribution in [3.63, 3.8) is 0 Å². The Balaban J connectivity index is 0.903. The molecule has 3 aliphatic rings. The first-order chi connectivity index (χ1) is 35.4. The molecule has 2 saturated heterocycles. The Morgan fingerprint density at radius 2 is 0.945 bits per heavy atom. The van der Waals surface area contributed by atoms with Gasteiger partial charge in [0.1, 0.15) is 0 Å². The predicted octanol–water partition coefficient (Wildman–Crippen LogP) is 16.5. The Morgan fingerprint density at radius 1 is 0.521 bits per heavy atom. The van der Waals surface area contributed by atoms with Crippen LogP contribution in [-0.2, 0) is 41.6 Å². The third kappa shape index (κ3) is 12.0. The first-order valence-electron chi connectivity index (χ1n) is 26.6. The second-order valence-electron chi connectivity index (χ2n) is 20.8. The monoisotopic (exact) mass is 1040 g/mol. The molecule has 0 saturated carbocycles. The van der Waals surface area contributed by atoms with Crippen LogP contribution in [0.3, 0.4) is 0 Å². The molecule has 0 spiro atoms. The fourth-order valence-corrected chi connectivity index (χ4v) is 12.7. The number of benzene rings is 6. The summed E-state index contributed by atoms with van der Waals surface area (Å²) in [5, 5.41) is 1.26. The van der Waals surface area contributed by atoms with Gasteiger partial charge in [0.05, 0.1) is 60.8 Å². The fourth-order valence-electron chi connectivity index (χ4n) is 10.5. The van der Waals surface area contributed by atoms with Crippen LogP contribution >= 0.6 is 23.2 Å². The first kappa shape index (κ1) is 53.1. The van der Waals surface area contributed by atoms with Gasteiger partial charge in [-0.2, -0.15) is 0 Å². The van der Waals surface area contributed by atoms with E-state index in [0.29, 0.717) is 36.5 Å². The Kier molecular flexibility index (Phi) is 17.4. The van der Waals surface area contributed by atoms with Gasteiger partial charge < -0.3 is 28.7 Å². The van der Waals surface area contributed by atoms with Crippen LogP contribution in [0.5, 0.6) is 0 Å². The van der Waals surface area contributed by atoms with E-state index in [4.69, 9.17) is 42.1 Å². The molecule has 3 aliphatic heterocycles. The van der Waals surface area contributed by atoms with E-state index in [1.54, 1.807) is 0 Å². The van der Waals surface area contributed by atoms with E-state index < -0.39 is 9.84 Å². The maximum absolute atomic E-state index is 15.1. The molecule has 0 N–H and O–H groups in total. The van der Waals surface area contributed by atoms with Gasteiger partial charge in [-0.25, -0.2) is 8.42 Å². The third-order valence-corrected chi connectivity index (χ3v) is 18.0. The summed E-state index contributed by atoms with van der Waals surface area (Å²) >= 11 is 12.9. The summed E-state index contributed by atoms with van der Waals surface area (Å²) in [6.45, 7) is 14.9. The zero-order valence-corrected chi connectivity index (χ0v) is 45.5. The van der Waals surface area contributed by atoms with E-state index >= 15 is 8.42 Å². The number of halogens is 2. The van der Waals surface area contributed by atoms with Crippen molar-refractivity contribution in [1.29, 1.82) is 0 Å². The van der Waals surface area contributed by atoms with Gasteiger partial charge in [0.15, 0.2) is 0 Å². The summed E-state index contributed by atoms with van der Waals surface area (Å²) in [4.78, 5) is 4.92. The van der Waals surface area contributed by atoms with Crippen molar-refractivity contribution in [2.45, 2.75) is 115 Å². The number of anilines is 6. The molecule has 6 aromatic rings. The second kappa shape index (κ2) is 23.9. The van der Waals surface area contributed by atoms with E-state index in [2.05, 4.69) is 85.2 Å². The molecule has 386 valence electrons. The Bertz CT molecular complexity index is 2890. The van der Waals surface area contributed by atoms with Crippen LogP contribution in [0.15, 0.2) is 131 Å². The highest BCUT2D eigenvalue weighted by Crippen LogP contribution is 2.52. The van der Waals surface area contributed by atoms with Gasteiger partial charge in [0.2, 0.25) is 9.84 Å². The van der Waals surface area contributed by atoms with E-state index in [1.165, 1.54) is 11.1 Å². The summed E-state index contributed by atoms with van der Waals surface area (Å²) in [5.41, 5.74) is 11.3. The Labute approximate surface area is 444 Å². The van der Waals surface area contributed by atoms with Crippen LogP contribution in [0.2, 0.25) is 10.0 Å². The number of aryl methyl sites for hydroxylation is 3. The molecule has 0 radical (unpaired) electrons. The van der Waals surface area contributed by atoms with E-state index in [0.717, 1.165) is 170 Å². The Morgan fingerprint density at radius 3 is 1.37 bits per heavy atom. The highest BCUT2D eigenvalue weighted by molar-refractivity contribution is 7.92. The highest BCUT2D eigenvalue weighted by Gasteiger charge is 2.39. The topological polar surface area (TPSA) is 77.5 Å². The molecule has 2 fully saturated rings. The standard InChI is InChI=1S/C62H72Cl2N2O6S/c1-5-61(41-71-42-61)39-69-35-13-9-7-11-15-47-17-25-51(26-18-47)65(53-29-21-49(63)22-30-53)57-34-33-55-56-37-45(3)58(38-59(56)73(67,68)60(55)46(57)4)66(54-31-23-50(64)24-32-54)52-27-19-48(20-28-52)16-12-8-10-14-36-70-40-62(6-2)43-72-44-62/h17-34,37-38H,5-16,35-36,39-44H2,1-4H3. The normalized spacial score (nSPS) is 15.8. The number of nitrogens with zero attached hydrogens (tertiary/aromatic N) is 2. The molecule has 0 atom stereocenters. The first-order valence-corrected chi connectivity index (χ1v) is 28.8. The average Bonchev–Trinajstić information content (AvgIpc) is 3.59. The number of unbranched alkanes of at least 4 members (excludes halogenated alkanes) is 6. The van der Waals surface area contributed by atoms with Crippen LogP contribution in [0.1, 0.15) is 100 Å². The zero-order valence-electron chi connectivity index (χ0n) is 43.2. The quantitative estimate of drug-likeness (QED) is 0.0497. The summed E-state index contributed by atoms with van der Waals surface area (Å²) < 4.78 is 53.1. The maximum Gasteiger partial charge on any atom is 0.208 e. The highest BCUT2D eigenvalue weighted by atomic mass is 35.5. The fraction of sp³-hybridized carbons (Fsp3) is 0.419. The van der Waals surface area contributed by atoms with Crippen LogP contribution in [-0.4, -0.2) is 61.3 Å². The Hall–Kier alpha value is -4.71. The lowest BCUT2D eigenvalue weighted by Crippen LogP contribution is -2.45. The number of fused-ring (bicyclic) bond motifs is 3. The molecule has 0 aliphatic carbocycles. The molecule has 6 aromatic carbocycles. The van der Waals surface area contributed by atoms with Crippen molar-refractivity contribution in [2.24, 2.45) is 10.8 Å². The van der Waals surface area contributed by atoms with Crippen molar-refractivity contribution in [3.8, 4) is 11.1 Å².